The van der Waals surface area contributed by atoms with E-state index >= 15 is 0 Å². The normalized spacial score (nSPS) is 14.2. The Balaban J connectivity index is 1.55. The van der Waals surface area contributed by atoms with Crippen LogP contribution in [0.2, 0.25) is 0 Å². The zero-order chi connectivity index (χ0) is 34.4. The average molecular weight is 670 g/mol. The Morgan fingerprint density at radius 2 is 1.62 bits per heavy atom. The van der Waals surface area contributed by atoms with Crippen LogP contribution >= 0.6 is 11.8 Å². The van der Waals surface area contributed by atoms with Gasteiger partial charge in [-0.05, 0) is 100 Å². The van der Waals surface area contributed by atoms with E-state index in [1.54, 1.807) is 23.9 Å². The van der Waals surface area contributed by atoms with Crippen molar-refractivity contribution in [3.05, 3.63) is 108 Å². The summed E-state index contributed by atoms with van der Waals surface area (Å²) in [6.07, 6.45) is 6.69. The van der Waals surface area contributed by atoms with Crippen molar-refractivity contribution in [2.45, 2.75) is 81.7 Å². The maximum atomic E-state index is 13.9. The SMILES string of the molecule is C=CCCCCC/C(=N\OC(=O)c1ccccc1)c1ccc(Sc2ccc(C(=O)C(C)(C)N3CCOCC3)cc2CN(CC)CC)cc1. The standard InChI is InChI=1S/C40H51N3O4S/c1-6-9-10-11-15-18-36(41-47-39(45)32-16-13-12-14-17-32)31-19-22-35(23-20-31)48-37-24-21-33(29-34(37)30-42(7-2)8-3)38(44)40(4,5)43-25-27-46-28-26-43/h6,12-14,16-17,19-24,29H,1,7-11,15,18,25-28,30H2,2-5H3/b41-36+. The van der Waals surface area contributed by atoms with Crippen molar-refractivity contribution < 1.29 is 19.2 Å². The van der Waals surface area contributed by atoms with Gasteiger partial charge in [-0.1, -0.05) is 79.7 Å². The lowest BCUT2D eigenvalue weighted by molar-refractivity contribution is -0.00430. The molecule has 0 spiro atoms. The summed E-state index contributed by atoms with van der Waals surface area (Å²) in [4.78, 5) is 38.7. The zero-order valence-corrected chi connectivity index (χ0v) is 29.9. The fourth-order valence-electron chi connectivity index (χ4n) is 5.82. The molecule has 0 saturated carbocycles. The number of hydrogen-bond donors (Lipinski definition) is 0. The fraction of sp³-hybridized carbons (Fsp3) is 0.425. The van der Waals surface area contributed by atoms with Gasteiger partial charge in [0.05, 0.1) is 30.0 Å². The minimum absolute atomic E-state index is 0.135. The number of allylic oxidation sites excluding steroid dienone is 1. The lowest BCUT2D eigenvalue weighted by Crippen LogP contribution is -2.54. The molecule has 0 amide bonds. The van der Waals surface area contributed by atoms with Crippen LogP contribution in [-0.4, -0.2) is 72.2 Å². The third kappa shape index (κ3) is 10.5. The minimum atomic E-state index is -0.610. The average Bonchev–Trinajstić information content (AvgIpc) is 3.13. The van der Waals surface area contributed by atoms with Crippen molar-refractivity contribution in [3.8, 4) is 0 Å². The highest BCUT2D eigenvalue weighted by atomic mass is 32.2. The number of morpholine rings is 1. The summed E-state index contributed by atoms with van der Waals surface area (Å²) in [5.41, 5.74) is 3.43. The summed E-state index contributed by atoms with van der Waals surface area (Å²) in [5.74, 6) is -0.335. The fourth-order valence-corrected chi connectivity index (χ4v) is 6.73. The van der Waals surface area contributed by atoms with Crippen LogP contribution in [0.3, 0.4) is 0 Å². The lowest BCUT2D eigenvalue weighted by atomic mass is 9.90. The molecule has 48 heavy (non-hydrogen) atoms. The molecule has 0 unspecified atom stereocenters. The molecule has 0 bridgehead atoms. The molecule has 0 atom stereocenters. The number of carbonyl (C=O) groups excluding carboxylic acids is 2. The Kier molecular flexibility index (Phi) is 14.6. The topological polar surface area (TPSA) is 71.4 Å². The molecule has 8 heteroatoms. The van der Waals surface area contributed by atoms with Crippen LogP contribution in [0.25, 0.3) is 0 Å². The molecule has 1 aliphatic heterocycles. The first-order valence-electron chi connectivity index (χ1n) is 17.2. The molecule has 0 aromatic heterocycles. The van der Waals surface area contributed by atoms with Crippen molar-refractivity contribution in [2.24, 2.45) is 5.16 Å². The van der Waals surface area contributed by atoms with Crippen molar-refractivity contribution in [1.29, 1.82) is 0 Å². The zero-order valence-electron chi connectivity index (χ0n) is 29.1. The lowest BCUT2D eigenvalue weighted by Gasteiger charge is -2.39. The molecule has 1 aliphatic rings. The summed E-state index contributed by atoms with van der Waals surface area (Å²) in [7, 11) is 0. The van der Waals surface area contributed by atoms with Gasteiger partial charge in [0.25, 0.3) is 0 Å². The van der Waals surface area contributed by atoms with Crippen molar-refractivity contribution in [1.82, 2.24) is 9.80 Å². The quantitative estimate of drug-likeness (QED) is 0.0335. The summed E-state index contributed by atoms with van der Waals surface area (Å²) < 4.78 is 5.54. The number of Topliss-reactive ketones (excluding diaryl/α,β-unsaturated/α-hetero) is 1. The Bertz CT molecular complexity index is 1510. The Morgan fingerprint density at radius 1 is 0.938 bits per heavy atom. The van der Waals surface area contributed by atoms with E-state index < -0.39 is 11.5 Å². The molecule has 0 N–H and O–H groups in total. The molecule has 0 aliphatic carbocycles. The molecule has 1 saturated heterocycles. The maximum absolute atomic E-state index is 13.9. The smallest absolute Gasteiger partial charge is 0.365 e. The van der Waals surface area contributed by atoms with Gasteiger partial charge in [-0.15, -0.1) is 6.58 Å². The minimum Gasteiger partial charge on any atom is -0.379 e. The second-order valence-corrected chi connectivity index (χ2v) is 13.7. The number of ether oxygens (including phenoxy) is 1. The Morgan fingerprint density at radius 3 is 2.29 bits per heavy atom. The van der Waals surface area contributed by atoms with Crippen LogP contribution < -0.4 is 0 Å². The molecule has 1 fully saturated rings. The second kappa shape index (κ2) is 18.8. The molecular weight excluding hydrogens is 619 g/mol. The van der Waals surface area contributed by atoms with Gasteiger partial charge in [0.1, 0.15) is 0 Å². The summed E-state index contributed by atoms with van der Waals surface area (Å²) in [5, 5.41) is 4.34. The van der Waals surface area contributed by atoms with E-state index in [1.807, 2.05) is 56.3 Å². The number of unbranched alkanes of at least 4 members (excludes halogenated alkanes) is 3. The van der Waals surface area contributed by atoms with Gasteiger partial charge in [0.15, 0.2) is 5.78 Å². The van der Waals surface area contributed by atoms with Crippen molar-refractivity contribution in [3.63, 3.8) is 0 Å². The van der Waals surface area contributed by atoms with Gasteiger partial charge < -0.3 is 9.57 Å². The van der Waals surface area contributed by atoms with Crippen LogP contribution in [0, 0.1) is 0 Å². The molecule has 1 heterocycles. The van der Waals surface area contributed by atoms with Gasteiger partial charge in [-0.25, -0.2) is 4.79 Å². The molecule has 3 aromatic rings. The first-order chi connectivity index (χ1) is 23.3. The van der Waals surface area contributed by atoms with E-state index in [1.165, 1.54) is 0 Å². The van der Waals surface area contributed by atoms with E-state index in [4.69, 9.17) is 9.57 Å². The molecule has 3 aromatic carbocycles. The van der Waals surface area contributed by atoms with E-state index in [9.17, 15) is 9.59 Å². The van der Waals surface area contributed by atoms with Gasteiger partial charge in [0.2, 0.25) is 0 Å². The molecule has 4 rings (SSSR count). The number of rotatable bonds is 18. The van der Waals surface area contributed by atoms with Gasteiger partial charge in [-0.2, -0.15) is 0 Å². The molecule has 0 radical (unpaired) electrons. The summed E-state index contributed by atoms with van der Waals surface area (Å²) in [6, 6.07) is 23.4. The third-order valence-electron chi connectivity index (χ3n) is 8.95. The first kappa shape index (κ1) is 37.3. The summed E-state index contributed by atoms with van der Waals surface area (Å²) in [6.45, 7) is 17.6. The predicted molar refractivity (Wildman–Crippen MR) is 196 cm³/mol. The summed E-state index contributed by atoms with van der Waals surface area (Å²) >= 11 is 1.70. The Labute approximate surface area is 291 Å². The third-order valence-corrected chi connectivity index (χ3v) is 10.1. The van der Waals surface area contributed by atoms with Crippen LogP contribution in [0.4, 0.5) is 0 Å². The van der Waals surface area contributed by atoms with E-state index in [0.717, 1.165) is 90.6 Å². The number of hydrogen-bond acceptors (Lipinski definition) is 8. The van der Waals surface area contributed by atoms with Crippen LogP contribution in [0.5, 0.6) is 0 Å². The highest BCUT2D eigenvalue weighted by Gasteiger charge is 2.36. The van der Waals surface area contributed by atoms with Crippen LogP contribution in [0.1, 0.15) is 91.6 Å². The number of nitrogens with zero attached hydrogens (tertiary/aromatic N) is 3. The molecular formula is C40H51N3O4S. The highest BCUT2D eigenvalue weighted by molar-refractivity contribution is 7.99. The van der Waals surface area contributed by atoms with Gasteiger partial charge >= 0.3 is 5.97 Å². The van der Waals surface area contributed by atoms with Gasteiger partial charge in [-0.3, -0.25) is 14.6 Å². The Hall–Kier alpha value is -3.56. The van der Waals surface area contributed by atoms with Crippen molar-refractivity contribution in [2.75, 3.05) is 39.4 Å². The largest absolute Gasteiger partial charge is 0.379 e. The van der Waals surface area contributed by atoms with Crippen LogP contribution in [0.15, 0.2) is 100 Å². The van der Waals surface area contributed by atoms with Crippen LogP contribution in [-0.2, 0) is 16.1 Å². The van der Waals surface area contributed by atoms with Crippen molar-refractivity contribution >= 4 is 29.2 Å². The molecule has 256 valence electrons. The highest BCUT2D eigenvalue weighted by Crippen LogP contribution is 2.34. The number of benzene rings is 3. The monoisotopic (exact) mass is 669 g/mol. The van der Waals surface area contributed by atoms with E-state index in [0.29, 0.717) is 25.2 Å². The number of oxime groups is 1. The van der Waals surface area contributed by atoms with Gasteiger partial charge in [0, 0.05) is 35.0 Å². The number of carbonyl (C=O) groups is 2. The van der Waals surface area contributed by atoms with E-state index in [2.05, 4.69) is 59.6 Å². The first-order valence-corrected chi connectivity index (χ1v) is 18.0. The second-order valence-electron chi connectivity index (χ2n) is 12.6. The number of ketones is 1. The molecule has 7 nitrogen and oxygen atoms in total. The maximum Gasteiger partial charge on any atom is 0.365 e. The predicted octanol–water partition coefficient (Wildman–Crippen LogP) is 8.67. The van der Waals surface area contributed by atoms with E-state index in [-0.39, 0.29) is 5.78 Å².